The average Bonchev–Trinajstić information content (AvgIpc) is 2.52. The molecule has 0 saturated carbocycles. The third-order valence-corrected chi connectivity index (χ3v) is 6.18. The minimum Gasteiger partial charge on any atom is -0.364 e. The van der Waals surface area contributed by atoms with E-state index in [4.69, 9.17) is 20.4 Å². The van der Waals surface area contributed by atoms with E-state index in [1.807, 2.05) is 24.3 Å². The molecule has 2 aromatic rings. The molecule has 6 heteroatoms. The number of benzene rings is 2. The number of rotatable bonds is 7. The monoisotopic (exact) mass is 338 g/mol. The molecule has 118 valence electrons. The molecule has 2 rings (SSSR count). The summed E-state index contributed by atoms with van der Waals surface area (Å²) in [6.07, 6.45) is -0.633. The molecule has 0 aromatic heterocycles. The van der Waals surface area contributed by atoms with Gasteiger partial charge in [-0.2, -0.15) is 0 Å². The summed E-state index contributed by atoms with van der Waals surface area (Å²) < 4.78 is 0. The molecular formula is C16H20O4P2. The van der Waals surface area contributed by atoms with Crippen LogP contribution in [0.4, 0.5) is 0 Å². The SMILES string of the molecule is OC(O)c1ccc(PCCPc2ccc(C(O)O)cc2)cc1. The molecule has 2 atom stereocenters. The molecule has 0 radical (unpaired) electrons. The summed E-state index contributed by atoms with van der Waals surface area (Å²) in [5.41, 5.74) is 1.03. The maximum absolute atomic E-state index is 9.04. The fourth-order valence-corrected chi connectivity index (χ4v) is 4.34. The standard InChI is InChI=1S/C16H20O4P2/c17-15(18)11-1-5-13(6-2-11)21-9-10-22-14-7-3-12(4-8-14)16(19)20/h1-8,15-22H,9-10H2. The number of aliphatic hydroxyl groups is 4. The van der Waals surface area contributed by atoms with Gasteiger partial charge in [0.2, 0.25) is 0 Å². The van der Waals surface area contributed by atoms with Crippen LogP contribution in [0, 0.1) is 0 Å². The van der Waals surface area contributed by atoms with Crippen LogP contribution in [-0.2, 0) is 0 Å². The maximum atomic E-state index is 9.04. The second kappa shape index (κ2) is 8.69. The van der Waals surface area contributed by atoms with E-state index in [1.165, 1.54) is 10.6 Å². The molecule has 0 aliphatic rings. The third-order valence-electron chi connectivity index (χ3n) is 3.20. The fraction of sp³-hybridized carbons (Fsp3) is 0.250. The van der Waals surface area contributed by atoms with Crippen molar-refractivity contribution in [1.82, 2.24) is 0 Å². The lowest BCUT2D eigenvalue weighted by Gasteiger charge is -2.07. The van der Waals surface area contributed by atoms with Crippen molar-refractivity contribution in [1.29, 1.82) is 0 Å². The van der Waals surface area contributed by atoms with Crippen molar-refractivity contribution in [3.8, 4) is 0 Å². The fourth-order valence-electron chi connectivity index (χ4n) is 1.96. The Morgan fingerprint density at radius 3 is 1.18 bits per heavy atom. The first-order valence-electron chi connectivity index (χ1n) is 6.96. The van der Waals surface area contributed by atoms with Gasteiger partial charge in [0.15, 0.2) is 12.6 Å². The first kappa shape index (κ1) is 17.5. The molecule has 22 heavy (non-hydrogen) atoms. The van der Waals surface area contributed by atoms with Crippen molar-refractivity contribution in [2.24, 2.45) is 0 Å². The molecule has 0 aliphatic heterocycles. The predicted octanol–water partition coefficient (Wildman–Crippen LogP) is 0.961. The van der Waals surface area contributed by atoms with Crippen LogP contribution in [0.15, 0.2) is 48.5 Å². The Balaban J connectivity index is 1.74. The zero-order chi connectivity index (χ0) is 15.9. The number of aliphatic hydroxyl groups excluding tert-OH is 2. The highest BCUT2D eigenvalue weighted by Gasteiger charge is 2.03. The molecule has 0 bridgehead atoms. The van der Waals surface area contributed by atoms with E-state index in [-0.39, 0.29) is 0 Å². The highest BCUT2D eigenvalue weighted by atomic mass is 31.1. The quantitative estimate of drug-likeness (QED) is 0.344. The lowest BCUT2D eigenvalue weighted by Crippen LogP contribution is -2.02. The lowest BCUT2D eigenvalue weighted by atomic mass is 10.2. The van der Waals surface area contributed by atoms with Crippen LogP contribution in [0.25, 0.3) is 0 Å². The predicted molar refractivity (Wildman–Crippen MR) is 92.9 cm³/mol. The Labute approximate surface area is 133 Å². The van der Waals surface area contributed by atoms with Gasteiger partial charge in [-0.3, -0.25) is 0 Å². The van der Waals surface area contributed by atoms with Gasteiger partial charge in [-0.05, 0) is 22.9 Å². The zero-order valence-electron chi connectivity index (χ0n) is 12.0. The van der Waals surface area contributed by atoms with E-state index in [9.17, 15) is 0 Å². The minimum atomic E-state index is -1.40. The van der Waals surface area contributed by atoms with Gasteiger partial charge < -0.3 is 20.4 Å². The van der Waals surface area contributed by atoms with Crippen molar-refractivity contribution in [3.63, 3.8) is 0 Å². The molecule has 0 amide bonds. The largest absolute Gasteiger partial charge is 0.364 e. The van der Waals surface area contributed by atoms with Gasteiger partial charge in [0.1, 0.15) is 0 Å². The van der Waals surface area contributed by atoms with Crippen LogP contribution >= 0.6 is 17.2 Å². The zero-order valence-corrected chi connectivity index (χ0v) is 14.0. The average molecular weight is 338 g/mol. The second-order valence-corrected chi connectivity index (χ2v) is 7.71. The first-order chi connectivity index (χ1) is 10.6. The van der Waals surface area contributed by atoms with E-state index < -0.39 is 12.6 Å². The topological polar surface area (TPSA) is 80.9 Å². The van der Waals surface area contributed by atoms with Gasteiger partial charge in [0.25, 0.3) is 0 Å². The Bertz CT molecular complexity index is 514. The number of hydrogen-bond acceptors (Lipinski definition) is 4. The van der Waals surface area contributed by atoms with Crippen molar-refractivity contribution in [2.45, 2.75) is 12.6 Å². The summed E-state index contributed by atoms with van der Waals surface area (Å²) in [7, 11) is 1.41. The molecule has 4 N–H and O–H groups in total. The summed E-state index contributed by atoms with van der Waals surface area (Å²) in [4.78, 5) is 0. The van der Waals surface area contributed by atoms with Crippen molar-refractivity contribution >= 4 is 27.8 Å². The van der Waals surface area contributed by atoms with Crippen molar-refractivity contribution < 1.29 is 20.4 Å². The van der Waals surface area contributed by atoms with E-state index in [2.05, 4.69) is 0 Å². The van der Waals surface area contributed by atoms with Gasteiger partial charge in [-0.25, -0.2) is 0 Å². The summed E-state index contributed by atoms with van der Waals surface area (Å²) in [6, 6.07) is 14.7. The minimum absolute atomic E-state index is 0.515. The van der Waals surface area contributed by atoms with Crippen molar-refractivity contribution in [3.05, 3.63) is 59.7 Å². The Morgan fingerprint density at radius 1 is 0.591 bits per heavy atom. The van der Waals surface area contributed by atoms with Crippen LogP contribution in [0.5, 0.6) is 0 Å². The normalized spacial score (nSPS) is 12.5. The summed E-state index contributed by atoms with van der Waals surface area (Å²) in [5.74, 6) is 0. The van der Waals surface area contributed by atoms with E-state index in [0.717, 1.165) is 12.3 Å². The summed E-state index contributed by atoms with van der Waals surface area (Å²) >= 11 is 0. The van der Waals surface area contributed by atoms with Crippen molar-refractivity contribution in [2.75, 3.05) is 12.3 Å². The summed E-state index contributed by atoms with van der Waals surface area (Å²) in [6.45, 7) is 0. The van der Waals surface area contributed by atoms with Crippen LogP contribution < -0.4 is 10.6 Å². The molecule has 0 spiro atoms. The highest BCUT2D eigenvalue weighted by molar-refractivity contribution is 7.51. The van der Waals surface area contributed by atoms with Gasteiger partial charge in [-0.1, -0.05) is 65.7 Å². The number of hydrogen-bond donors (Lipinski definition) is 4. The molecule has 0 aliphatic carbocycles. The molecule has 0 fully saturated rings. The first-order valence-corrected chi connectivity index (χ1v) is 9.37. The molecule has 4 nitrogen and oxygen atoms in total. The van der Waals surface area contributed by atoms with Crippen LogP contribution in [0.1, 0.15) is 23.7 Å². The molecule has 2 unspecified atom stereocenters. The second-order valence-electron chi connectivity index (χ2n) is 4.84. The van der Waals surface area contributed by atoms with E-state index in [1.54, 1.807) is 24.3 Å². The Morgan fingerprint density at radius 2 is 0.909 bits per heavy atom. The molecule has 2 aromatic carbocycles. The summed E-state index contributed by atoms with van der Waals surface area (Å²) in [5, 5.41) is 38.6. The smallest absolute Gasteiger partial charge is 0.178 e. The van der Waals surface area contributed by atoms with E-state index >= 15 is 0 Å². The van der Waals surface area contributed by atoms with Gasteiger partial charge in [0.05, 0.1) is 0 Å². The highest BCUT2D eigenvalue weighted by Crippen LogP contribution is 2.19. The Hall–Kier alpha value is -0.860. The van der Waals surface area contributed by atoms with Crippen LogP contribution in [-0.4, -0.2) is 32.7 Å². The Kier molecular flexibility index (Phi) is 6.91. The molecular weight excluding hydrogens is 318 g/mol. The van der Waals surface area contributed by atoms with Gasteiger partial charge in [-0.15, -0.1) is 0 Å². The van der Waals surface area contributed by atoms with E-state index in [0.29, 0.717) is 28.3 Å². The lowest BCUT2D eigenvalue weighted by molar-refractivity contribution is -0.0430. The van der Waals surface area contributed by atoms with Gasteiger partial charge >= 0.3 is 0 Å². The molecule has 0 saturated heterocycles. The maximum Gasteiger partial charge on any atom is 0.178 e. The van der Waals surface area contributed by atoms with Crippen LogP contribution in [0.3, 0.4) is 0 Å². The molecule has 0 heterocycles. The third kappa shape index (κ3) is 5.40. The van der Waals surface area contributed by atoms with Crippen LogP contribution in [0.2, 0.25) is 0 Å². The van der Waals surface area contributed by atoms with Gasteiger partial charge in [0, 0.05) is 11.1 Å².